The average molecular weight is 398 g/mol. The zero-order chi connectivity index (χ0) is 20.5. The lowest BCUT2D eigenvalue weighted by molar-refractivity contribution is -0.122. The number of carbonyl (C=O) groups excluding carboxylic acids is 1. The molecule has 1 fully saturated rings. The number of anilines is 1. The fourth-order valence-corrected chi connectivity index (χ4v) is 3.49. The lowest BCUT2D eigenvalue weighted by atomic mass is 9.96. The maximum Gasteiger partial charge on any atom is 0.330 e. The monoisotopic (exact) mass is 398 g/mol. The summed E-state index contributed by atoms with van der Waals surface area (Å²) in [5, 5.41) is 0.136. The highest BCUT2D eigenvalue weighted by molar-refractivity contribution is 5.77. The van der Waals surface area contributed by atoms with Crippen molar-refractivity contribution in [2.45, 2.75) is 19.4 Å². The minimum atomic E-state index is -0.678. The van der Waals surface area contributed by atoms with Gasteiger partial charge in [0.15, 0.2) is 5.65 Å². The molecular formula is C19H19FN6O3. The predicted octanol–water partition coefficient (Wildman–Crippen LogP) is 0.369. The number of carbonyl (C=O) groups is 1. The molecule has 1 aliphatic rings. The first kappa shape index (κ1) is 18.8. The van der Waals surface area contributed by atoms with E-state index in [9.17, 15) is 18.8 Å². The van der Waals surface area contributed by atoms with Gasteiger partial charge >= 0.3 is 5.69 Å². The second-order valence-electron chi connectivity index (χ2n) is 7.01. The number of piperidine rings is 1. The number of nitrogens with two attached hydrogens (primary N) is 1. The molecule has 0 bridgehead atoms. The molecule has 0 radical (unpaired) electrons. The van der Waals surface area contributed by atoms with E-state index in [1.54, 1.807) is 6.07 Å². The second-order valence-corrected chi connectivity index (χ2v) is 7.01. The molecule has 150 valence electrons. The van der Waals surface area contributed by atoms with E-state index < -0.39 is 17.1 Å². The lowest BCUT2D eigenvalue weighted by Crippen LogP contribution is -2.40. The van der Waals surface area contributed by atoms with E-state index in [1.165, 1.54) is 24.4 Å². The normalized spacial score (nSPS) is 15.0. The number of rotatable bonds is 4. The van der Waals surface area contributed by atoms with Crippen molar-refractivity contribution in [3.8, 4) is 0 Å². The Balaban J connectivity index is 1.66. The van der Waals surface area contributed by atoms with Crippen LogP contribution in [0.5, 0.6) is 0 Å². The molecule has 29 heavy (non-hydrogen) atoms. The predicted molar refractivity (Wildman–Crippen MR) is 104 cm³/mol. The second kappa shape index (κ2) is 7.46. The van der Waals surface area contributed by atoms with Gasteiger partial charge in [0.05, 0.1) is 6.54 Å². The van der Waals surface area contributed by atoms with E-state index in [4.69, 9.17) is 5.73 Å². The first-order valence-corrected chi connectivity index (χ1v) is 9.21. The highest BCUT2D eigenvalue weighted by Gasteiger charge is 2.25. The van der Waals surface area contributed by atoms with Gasteiger partial charge in [-0.05, 0) is 18.9 Å². The van der Waals surface area contributed by atoms with Gasteiger partial charge in [0.1, 0.15) is 11.2 Å². The Kier molecular flexibility index (Phi) is 4.83. The van der Waals surface area contributed by atoms with Crippen molar-refractivity contribution in [2.75, 3.05) is 18.0 Å². The van der Waals surface area contributed by atoms with Crippen molar-refractivity contribution in [2.24, 2.45) is 11.7 Å². The Bertz CT molecular complexity index is 1200. The van der Waals surface area contributed by atoms with Gasteiger partial charge in [-0.25, -0.2) is 14.2 Å². The van der Waals surface area contributed by atoms with E-state index in [0.717, 1.165) is 4.57 Å². The molecule has 0 unspecified atom stereocenters. The number of primary amides is 1. The Morgan fingerprint density at radius 1 is 1.24 bits per heavy atom. The van der Waals surface area contributed by atoms with Crippen LogP contribution < -0.4 is 21.9 Å². The van der Waals surface area contributed by atoms with Crippen LogP contribution >= 0.6 is 0 Å². The van der Waals surface area contributed by atoms with Gasteiger partial charge in [-0.3, -0.25) is 19.1 Å². The zero-order valence-electron chi connectivity index (χ0n) is 15.5. The van der Waals surface area contributed by atoms with Crippen LogP contribution in [0.4, 0.5) is 10.3 Å². The van der Waals surface area contributed by atoms with Crippen LogP contribution in [0.25, 0.3) is 11.0 Å². The number of aromatic amines is 1. The summed E-state index contributed by atoms with van der Waals surface area (Å²) in [6.45, 7) is 0.903. The van der Waals surface area contributed by atoms with Gasteiger partial charge in [-0.15, -0.1) is 0 Å². The number of amides is 1. The largest absolute Gasteiger partial charge is 0.369 e. The Hall–Kier alpha value is -3.56. The van der Waals surface area contributed by atoms with Crippen LogP contribution in [-0.4, -0.2) is 38.5 Å². The third-order valence-electron chi connectivity index (χ3n) is 5.19. The van der Waals surface area contributed by atoms with E-state index in [1.807, 2.05) is 4.90 Å². The molecule has 9 nitrogen and oxygen atoms in total. The number of benzene rings is 1. The molecule has 1 aliphatic heterocycles. The maximum absolute atomic E-state index is 13.9. The number of hydrogen-bond acceptors (Lipinski definition) is 6. The quantitative estimate of drug-likeness (QED) is 0.654. The number of fused-ring (bicyclic) bond motifs is 1. The van der Waals surface area contributed by atoms with Gasteiger partial charge in [0.25, 0.3) is 5.56 Å². The third-order valence-corrected chi connectivity index (χ3v) is 5.19. The van der Waals surface area contributed by atoms with Crippen molar-refractivity contribution in [1.82, 2.24) is 19.5 Å². The van der Waals surface area contributed by atoms with E-state index in [2.05, 4.69) is 15.0 Å². The number of hydrogen-bond donors (Lipinski definition) is 2. The molecule has 3 heterocycles. The molecule has 1 saturated heterocycles. The Labute approximate surface area is 164 Å². The number of nitrogens with one attached hydrogen (secondary N) is 1. The van der Waals surface area contributed by atoms with Crippen molar-refractivity contribution in [3.05, 3.63) is 62.7 Å². The molecule has 0 atom stereocenters. The van der Waals surface area contributed by atoms with Crippen LogP contribution in [0.2, 0.25) is 0 Å². The van der Waals surface area contributed by atoms with E-state index in [-0.39, 0.29) is 35.0 Å². The van der Waals surface area contributed by atoms with Crippen LogP contribution in [-0.2, 0) is 11.3 Å². The summed E-state index contributed by atoms with van der Waals surface area (Å²) in [5.74, 6) is -0.618. The number of aromatic nitrogens is 4. The summed E-state index contributed by atoms with van der Waals surface area (Å²) in [4.78, 5) is 49.5. The molecule has 1 amide bonds. The summed E-state index contributed by atoms with van der Waals surface area (Å²) in [7, 11) is 0. The van der Waals surface area contributed by atoms with Gasteiger partial charge in [0, 0.05) is 30.8 Å². The first-order chi connectivity index (χ1) is 13.9. The molecule has 10 heteroatoms. The minimum Gasteiger partial charge on any atom is -0.369 e. The van der Waals surface area contributed by atoms with Gasteiger partial charge in [0.2, 0.25) is 11.9 Å². The van der Waals surface area contributed by atoms with Crippen molar-refractivity contribution in [1.29, 1.82) is 0 Å². The Morgan fingerprint density at radius 3 is 2.66 bits per heavy atom. The van der Waals surface area contributed by atoms with Crippen molar-refractivity contribution < 1.29 is 9.18 Å². The zero-order valence-corrected chi connectivity index (χ0v) is 15.5. The summed E-state index contributed by atoms with van der Waals surface area (Å²) in [6.07, 6.45) is 2.54. The highest BCUT2D eigenvalue weighted by Crippen LogP contribution is 2.20. The summed E-state index contributed by atoms with van der Waals surface area (Å²) < 4.78 is 14.8. The first-order valence-electron chi connectivity index (χ1n) is 9.21. The summed E-state index contributed by atoms with van der Waals surface area (Å²) in [6, 6.07) is 5.95. The van der Waals surface area contributed by atoms with Crippen LogP contribution in [0, 0.1) is 11.7 Å². The number of nitrogens with zero attached hydrogens (tertiary/aromatic N) is 4. The molecule has 0 aliphatic carbocycles. The van der Waals surface area contributed by atoms with Crippen molar-refractivity contribution in [3.63, 3.8) is 0 Å². The Morgan fingerprint density at radius 2 is 1.97 bits per heavy atom. The van der Waals surface area contributed by atoms with Gasteiger partial charge < -0.3 is 10.6 Å². The fourth-order valence-electron chi connectivity index (χ4n) is 3.49. The van der Waals surface area contributed by atoms with E-state index in [0.29, 0.717) is 31.9 Å². The fraction of sp³-hybridized carbons (Fsp3) is 0.316. The minimum absolute atomic E-state index is 0.117. The van der Waals surface area contributed by atoms with Crippen LogP contribution in [0.3, 0.4) is 0 Å². The topological polar surface area (TPSA) is 127 Å². The number of halogens is 1. The summed E-state index contributed by atoms with van der Waals surface area (Å²) in [5.41, 5.74) is 4.43. The van der Waals surface area contributed by atoms with Crippen molar-refractivity contribution >= 4 is 22.9 Å². The van der Waals surface area contributed by atoms with Gasteiger partial charge in [-0.2, -0.15) is 4.98 Å². The SMILES string of the molecule is NC(=O)C1CCN(c2ncc3c(=O)n(Cc4ccccc4F)c(=O)[nH]c3n2)CC1. The maximum atomic E-state index is 13.9. The average Bonchev–Trinajstić information content (AvgIpc) is 2.72. The summed E-state index contributed by atoms with van der Waals surface area (Å²) >= 11 is 0. The molecule has 0 saturated carbocycles. The van der Waals surface area contributed by atoms with Gasteiger partial charge in [-0.1, -0.05) is 18.2 Å². The van der Waals surface area contributed by atoms with E-state index >= 15 is 0 Å². The third kappa shape index (κ3) is 3.60. The molecule has 1 aromatic carbocycles. The lowest BCUT2D eigenvalue weighted by Gasteiger charge is -2.30. The standard InChI is InChI=1S/C19H19FN6O3/c20-14-4-2-1-3-12(14)10-26-17(28)13-9-22-18(23-16(13)24-19(26)29)25-7-5-11(6-8-25)15(21)27/h1-4,9,11H,5-8,10H2,(H2,21,27)(H,22,23,24,29). The smallest absolute Gasteiger partial charge is 0.330 e. The van der Waals surface area contributed by atoms with Crippen LogP contribution in [0.1, 0.15) is 18.4 Å². The highest BCUT2D eigenvalue weighted by atomic mass is 19.1. The molecule has 3 aromatic rings. The molecular weight excluding hydrogens is 379 g/mol. The van der Waals surface area contributed by atoms with Crippen LogP contribution in [0.15, 0.2) is 40.1 Å². The molecule has 0 spiro atoms. The number of H-pyrrole nitrogens is 1. The molecule has 4 rings (SSSR count). The molecule has 2 aromatic heterocycles. The molecule has 3 N–H and O–H groups in total.